The number of amidine groups is 2. The smallest absolute Gasteiger partial charge is 0.258 e. The molecule has 0 amide bonds. The quantitative estimate of drug-likeness (QED) is 0.422. The Balaban J connectivity index is 1.69. The molecule has 0 unspecified atom stereocenters. The minimum Gasteiger partial charge on any atom is -0.402 e. The van der Waals surface area contributed by atoms with E-state index in [0.717, 1.165) is 13.0 Å². The van der Waals surface area contributed by atoms with Gasteiger partial charge in [-0.05, 0) is 39.2 Å². The Kier molecular flexibility index (Phi) is 6.96. The van der Waals surface area contributed by atoms with Gasteiger partial charge in [0, 0.05) is 38.0 Å². The highest BCUT2D eigenvalue weighted by atomic mass is 16.7. The molecule has 0 spiro atoms. The summed E-state index contributed by atoms with van der Waals surface area (Å²) in [6.45, 7) is 5.05. The lowest BCUT2D eigenvalue weighted by Crippen LogP contribution is -2.57. The van der Waals surface area contributed by atoms with Gasteiger partial charge in [-0.2, -0.15) is 4.99 Å². The molecule has 156 valence electrons. The van der Waals surface area contributed by atoms with Gasteiger partial charge in [-0.3, -0.25) is 5.41 Å². The normalized spacial score (nSPS) is 28.5. The average Bonchev–Trinajstić information content (AvgIpc) is 3.12. The molecule has 2 aliphatic heterocycles. The van der Waals surface area contributed by atoms with E-state index in [4.69, 9.17) is 20.7 Å². The molecule has 3 aliphatic rings. The van der Waals surface area contributed by atoms with Crippen molar-refractivity contribution in [2.24, 2.45) is 10.7 Å². The molecule has 0 aromatic rings. The Labute approximate surface area is 167 Å². The van der Waals surface area contributed by atoms with Crippen LogP contribution in [-0.2, 0) is 9.57 Å². The summed E-state index contributed by atoms with van der Waals surface area (Å²) in [5.74, 6) is 1.40. The number of nitrogens with zero attached hydrogens (tertiary/aromatic N) is 2. The molecule has 0 aromatic carbocycles. The van der Waals surface area contributed by atoms with Crippen molar-refractivity contribution in [2.45, 2.75) is 70.6 Å². The van der Waals surface area contributed by atoms with Gasteiger partial charge >= 0.3 is 0 Å². The van der Waals surface area contributed by atoms with Crippen LogP contribution in [0.25, 0.3) is 0 Å². The number of likely N-dealkylation sites (tertiary alicyclic amines) is 1. The Morgan fingerprint density at radius 2 is 2.11 bits per heavy atom. The summed E-state index contributed by atoms with van der Waals surface area (Å²) in [6.07, 6.45) is 9.21. The van der Waals surface area contributed by atoms with Crippen LogP contribution in [0.4, 0.5) is 0 Å². The molecule has 0 aromatic heterocycles. The van der Waals surface area contributed by atoms with E-state index in [-0.39, 0.29) is 6.10 Å². The summed E-state index contributed by atoms with van der Waals surface area (Å²) >= 11 is 0. The highest BCUT2D eigenvalue weighted by molar-refractivity contribution is 5.99. The van der Waals surface area contributed by atoms with Crippen molar-refractivity contribution in [1.82, 2.24) is 15.7 Å². The summed E-state index contributed by atoms with van der Waals surface area (Å²) in [6, 6.07) is 0.919. The molecule has 0 radical (unpaired) electrons. The van der Waals surface area contributed by atoms with Gasteiger partial charge in [-0.1, -0.05) is 19.3 Å². The molecule has 3 rings (SSSR count). The predicted molar refractivity (Wildman–Crippen MR) is 111 cm³/mol. The predicted octanol–water partition coefficient (Wildman–Crippen LogP) is 2.00. The second-order valence-electron chi connectivity index (χ2n) is 7.97. The fourth-order valence-corrected chi connectivity index (χ4v) is 4.19. The van der Waals surface area contributed by atoms with Gasteiger partial charge in [0.1, 0.15) is 11.7 Å². The van der Waals surface area contributed by atoms with Crippen LogP contribution in [0.3, 0.4) is 0 Å². The highest BCUT2D eigenvalue weighted by Crippen LogP contribution is 2.24. The molecule has 2 atom stereocenters. The van der Waals surface area contributed by atoms with Crippen LogP contribution in [0.5, 0.6) is 0 Å². The third kappa shape index (κ3) is 5.05. The molecule has 1 aliphatic carbocycles. The van der Waals surface area contributed by atoms with E-state index in [1.165, 1.54) is 32.1 Å². The van der Waals surface area contributed by atoms with Crippen LogP contribution in [0.2, 0.25) is 0 Å². The molecular formula is C20H34N6O2. The average molecular weight is 391 g/mol. The van der Waals surface area contributed by atoms with Crippen LogP contribution >= 0.6 is 0 Å². The SMILES string of the molecule is CO[C@H]1CN(C(=N)C(/C=C(/C)N)=C2\N=C(C)NO2)CC[C@H]1NC1CCCCC1. The molecule has 8 heteroatoms. The first kappa shape index (κ1) is 20.7. The van der Waals surface area contributed by atoms with Crippen molar-refractivity contribution in [3.05, 3.63) is 23.2 Å². The van der Waals surface area contributed by atoms with Gasteiger partial charge < -0.3 is 25.5 Å². The number of nitrogens with two attached hydrogens (primary N) is 1. The van der Waals surface area contributed by atoms with Crippen LogP contribution in [0, 0.1) is 5.41 Å². The van der Waals surface area contributed by atoms with Crippen molar-refractivity contribution in [2.75, 3.05) is 20.2 Å². The number of aliphatic imine (C=N–C) groups is 1. The van der Waals surface area contributed by atoms with E-state index in [9.17, 15) is 0 Å². The second-order valence-corrected chi connectivity index (χ2v) is 7.97. The molecule has 1 saturated carbocycles. The van der Waals surface area contributed by atoms with Crippen molar-refractivity contribution >= 4 is 11.7 Å². The molecule has 2 fully saturated rings. The van der Waals surface area contributed by atoms with Gasteiger partial charge in [0.25, 0.3) is 5.88 Å². The van der Waals surface area contributed by atoms with E-state index in [1.54, 1.807) is 20.1 Å². The number of hydrogen-bond donors (Lipinski definition) is 4. The Hall–Kier alpha value is -2.06. The second kappa shape index (κ2) is 9.43. The van der Waals surface area contributed by atoms with Crippen molar-refractivity contribution in [3.63, 3.8) is 0 Å². The first-order valence-electron chi connectivity index (χ1n) is 10.3. The summed E-state index contributed by atoms with van der Waals surface area (Å²) < 4.78 is 5.80. The minimum atomic E-state index is 0.0399. The highest BCUT2D eigenvalue weighted by Gasteiger charge is 2.33. The van der Waals surface area contributed by atoms with Crippen LogP contribution in [0.1, 0.15) is 52.4 Å². The molecule has 2 heterocycles. The molecule has 1 saturated heterocycles. The van der Waals surface area contributed by atoms with E-state index in [2.05, 4.69) is 15.8 Å². The largest absolute Gasteiger partial charge is 0.402 e. The Morgan fingerprint density at radius 1 is 1.36 bits per heavy atom. The minimum absolute atomic E-state index is 0.0399. The van der Waals surface area contributed by atoms with Crippen molar-refractivity contribution in [1.29, 1.82) is 5.41 Å². The van der Waals surface area contributed by atoms with Gasteiger partial charge in [0.2, 0.25) is 0 Å². The van der Waals surface area contributed by atoms with Gasteiger partial charge in [-0.25, -0.2) is 5.48 Å². The van der Waals surface area contributed by atoms with Gasteiger partial charge in [0.05, 0.1) is 11.7 Å². The summed E-state index contributed by atoms with van der Waals surface area (Å²) in [7, 11) is 1.76. The molecular weight excluding hydrogens is 356 g/mol. The van der Waals surface area contributed by atoms with E-state index >= 15 is 0 Å². The molecule has 8 nitrogen and oxygen atoms in total. The number of methoxy groups -OCH3 is 1. The zero-order chi connectivity index (χ0) is 20.1. The zero-order valence-electron chi connectivity index (χ0n) is 17.3. The van der Waals surface area contributed by atoms with Crippen molar-refractivity contribution < 1.29 is 9.57 Å². The van der Waals surface area contributed by atoms with Gasteiger partial charge in [0.15, 0.2) is 0 Å². The molecule has 5 N–H and O–H groups in total. The fraction of sp³-hybridized carbons (Fsp3) is 0.700. The monoisotopic (exact) mass is 390 g/mol. The van der Waals surface area contributed by atoms with Crippen LogP contribution in [-0.4, -0.2) is 55.0 Å². The summed E-state index contributed by atoms with van der Waals surface area (Å²) in [4.78, 5) is 11.8. The first-order valence-corrected chi connectivity index (χ1v) is 10.3. The van der Waals surface area contributed by atoms with E-state index < -0.39 is 0 Å². The summed E-state index contributed by atoms with van der Waals surface area (Å²) in [5, 5.41) is 12.6. The molecule has 28 heavy (non-hydrogen) atoms. The third-order valence-electron chi connectivity index (χ3n) is 5.66. The van der Waals surface area contributed by atoms with E-state index in [0.29, 0.717) is 47.5 Å². The maximum absolute atomic E-state index is 8.76. The number of hydrogen-bond acceptors (Lipinski definition) is 7. The van der Waals surface area contributed by atoms with Crippen LogP contribution in [0.15, 0.2) is 28.2 Å². The first-order chi connectivity index (χ1) is 13.5. The Morgan fingerprint density at radius 3 is 2.71 bits per heavy atom. The lowest BCUT2D eigenvalue weighted by Gasteiger charge is -2.41. The maximum atomic E-state index is 8.76. The number of rotatable bonds is 5. The number of piperidine rings is 1. The lowest BCUT2D eigenvalue weighted by molar-refractivity contribution is 0.0203. The lowest BCUT2D eigenvalue weighted by atomic mass is 9.92. The van der Waals surface area contributed by atoms with Crippen LogP contribution < -0.4 is 16.5 Å². The van der Waals surface area contributed by atoms with Crippen molar-refractivity contribution in [3.8, 4) is 0 Å². The van der Waals surface area contributed by atoms with E-state index in [1.807, 2.05) is 11.8 Å². The number of hydroxylamine groups is 1. The standard InChI is InChI=1S/C20H34N6O2/c1-13(21)11-16(20-23-14(2)25-28-20)19(22)26-10-9-17(18(12-26)27-3)24-15-7-5-4-6-8-15/h11,15,17-18,22,24H,4-10,12,21H2,1-3H3,(H,23,25)/b13-11-,20-16+,22-19?/t17-,18+/m1/s1. The number of nitrogens with one attached hydrogen (secondary N) is 3. The van der Waals surface area contributed by atoms with Gasteiger partial charge in [-0.15, -0.1) is 0 Å². The number of ether oxygens (including phenoxy) is 1. The fourth-order valence-electron chi connectivity index (χ4n) is 4.19. The topological polar surface area (TPSA) is 108 Å². The molecule has 0 bridgehead atoms. The Bertz CT molecular complexity index is 662. The summed E-state index contributed by atoms with van der Waals surface area (Å²) in [5.41, 5.74) is 9.81. The third-order valence-corrected chi connectivity index (χ3v) is 5.66. The maximum Gasteiger partial charge on any atom is 0.258 e. The zero-order valence-corrected chi connectivity index (χ0v) is 17.3. The number of allylic oxidation sites excluding steroid dienone is 1.